The van der Waals surface area contributed by atoms with E-state index in [-0.39, 0.29) is 12.1 Å². The summed E-state index contributed by atoms with van der Waals surface area (Å²) in [5.74, 6) is 0.809. The number of piperidine rings is 1. The van der Waals surface area contributed by atoms with Gasteiger partial charge in [-0.3, -0.25) is 4.90 Å². The van der Waals surface area contributed by atoms with Gasteiger partial charge in [0.05, 0.1) is 5.56 Å². The summed E-state index contributed by atoms with van der Waals surface area (Å²) in [7, 11) is 0. The largest absolute Gasteiger partial charge is 0.444 e. The van der Waals surface area contributed by atoms with E-state index < -0.39 is 17.3 Å². The van der Waals surface area contributed by atoms with Crippen LogP contribution in [0.3, 0.4) is 0 Å². The predicted octanol–water partition coefficient (Wildman–Crippen LogP) is 3.66. The summed E-state index contributed by atoms with van der Waals surface area (Å²) in [6, 6.07) is 5.46. The maximum atomic E-state index is 12.6. The van der Waals surface area contributed by atoms with E-state index in [0.29, 0.717) is 18.4 Å². The lowest BCUT2D eigenvalue weighted by Gasteiger charge is -2.22. The van der Waals surface area contributed by atoms with Crippen LogP contribution in [0.25, 0.3) is 0 Å². The van der Waals surface area contributed by atoms with Crippen molar-refractivity contribution in [1.82, 2.24) is 10.2 Å². The van der Waals surface area contributed by atoms with Crippen molar-refractivity contribution in [2.45, 2.75) is 45.1 Å². The number of hydrogen-bond acceptors (Lipinski definition) is 3. The van der Waals surface area contributed by atoms with Gasteiger partial charge in [-0.05, 0) is 50.3 Å². The highest BCUT2D eigenvalue weighted by molar-refractivity contribution is 5.68. The summed E-state index contributed by atoms with van der Waals surface area (Å²) in [4.78, 5) is 14.0. The number of alkyl carbamates (subject to hydrolysis) is 1. The number of benzene rings is 1. The van der Waals surface area contributed by atoms with Gasteiger partial charge < -0.3 is 10.1 Å². The number of halogens is 3. The molecule has 0 aromatic heterocycles. The third-order valence-corrected chi connectivity index (χ3v) is 4.64. The zero-order valence-corrected chi connectivity index (χ0v) is 14.6. The summed E-state index contributed by atoms with van der Waals surface area (Å²) in [6.45, 7) is 7.78. The van der Waals surface area contributed by atoms with Gasteiger partial charge in [0.25, 0.3) is 0 Å². The number of carbonyl (C=O) groups excluding carboxylic acids is 1. The van der Waals surface area contributed by atoms with Crippen molar-refractivity contribution in [2.24, 2.45) is 11.8 Å². The number of nitrogens with one attached hydrogen (secondary N) is 1. The fourth-order valence-electron chi connectivity index (χ4n) is 3.46. The van der Waals surface area contributed by atoms with Crippen LogP contribution in [0.4, 0.5) is 18.0 Å². The highest BCUT2D eigenvalue weighted by Crippen LogP contribution is 2.46. The molecule has 2 unspecified atom stereocenters. The molecular formula is C18H23F3N2O2. The normalized spacial score (nSPS) is 26.2. The Labute approximate surface area is 145 Å². The number of amides is 1. The van der Waals surface area contributed by atoms with Gasteiger partial charge in [-0.1, -0.05) is 12.1 Å². The Bertz CT molecular complexity index is 625. The van der Waals surface area contributed by atoms with Crippen molar-refractivity contribution in [3.63, 3.8) is 0 Å². The SMILES string of the molecule is CC(C)(C)OC(=O)NC1C2CN(Cc3ccc(C(F)(F)F)cc3)C[C@@H]21. The molecule has 0 radical (unpaired) electrons. The van der Waals surface area contributed by atoms with Crippen LogP contribution < -0.4 is 5.32 Å². The van der Waals surface area contributed by atoms with E-state index in [1.165, 1.54) is 12.1 Å². The second-order valence-corrected chi connectivity index (χ2v) is 7.89. The quantitative estimate of drug-likeness (QED) is 0.899. The lowest BCUT2D eigenvalue weighted by Crippen LogP contribution is -2.38. The minimum atomic E-state index is -4.30. The zero-order valence-electron chi connectivity index (χ0n) is 14.6. The molecule has 1 aromatic carbocycles. The van der Waals surface area contributed by atoms with Gasteiger partial charge in [0.1, 0.15) is 5.60 Å². The number of fused-ring (bicyclic) bond motifs is 1. The van der Waals surface area contributed by atoms with Gasteiger partial charge in [0.2, 0.25) is 0 Å². The summed E-state index contributed by atoms with van der Waals surface area (Å²) in [6.07, 6.45) is -4.69. The molecule has 4 nitrogen and oxygen atoms in total. The van der Waals surface area contributed by atoms with E-state index >= 15 is 0 Å². The zero-order chi connectivity index (χ0) is 18.4. The molecule has 25 heavy (non-hydrogen) atoms. The van der Waals surface area contributed by atoms with Gasteiger partial charge in [-0.2, -0.15) is 13.2 Å². The number of hydrogen-bond donors (Lipinski definition) is 1. The van der Waals surface area contributed by atoms with Crippen LogP contribution in [0.1, 0.15) is 31.9 Å². The molecule has 0 spiro atoms. The summed E-state index contributed by atoms with van der Waals surface area (Å²) in [5.41, 5.74) is -0.268. The average Bonchev–Trinajstić information content (AvgIpc) is 2.90. The Morgan fingerprint density at radius 2 is 1.72 bits per heavy atom. The van der Waals surface area contributed by atoms with Crippen LogP contribution in [0, 0.1) is 11.8 Å². The molecule has 1 saturated carbocycles. The van der Waals surface area contributed by atoms with Crippen molar-refractivity contribution in [2.75, 3.05) is 13.1 Å². The Hall–Kier alpha value is -1.76. The molecule has 138 valence electrons. The van der Waals surface area contributed by atoms with E-state index in [0.717, 1.165) is 30.8 Å². The predicted molar refractivity (Wildman–Crippen MR) is 86.9 cm³/mol. The maximum Gasteiger partial charge on any atom is 0.416 e. The van der Waals surface area contributed by atoms with E-state index in [1.54, 1.807) is 0 Å². The van der Waals surface area contributed by atoms with Crippen molar-refractivity contribution in [1.29, 1.82) is 0 Å². The fraction of sp³-hybridized carbons (Fsp3) is 0.611. The summed E-state index contributed by atoms with van der Waals surface area (Å²) >= 11 is 0. The summed E-state index contributed by atoms with van der Waals surface area (Å²) in [5, 5.41) is 2.91. The molecule has 7 heteroatoms. The Balaban J connectivity index is 1.45. The number of rotatable bonds is 3. The second-order valence-electron chi connectivity index (χ2n) is 7.89. The summed E-state index contributed by atoms with van der Waals surface area (Å²) < 4.78 is 43.0. The molecule has 2 aliphatic rings. The van der Waals surface area contributed by atoms with Crippen LogP contribution in [-0.4, -0.2) is 35.7 Å². The monoisotopic (exact) mass is 356 g/mol. The molecule has 1 aliphatic carbocycles. The third-order valence-electron chi connectivity index (χ3n) is 4.64. The lowest BCUT2D eigenvalue weighted by atomic mass is 10.1. The van der Waals surface area contributed by atoms with E-state index in [4.69, 9.17) is 4.74 Å². The fourth-order valence-corrected chi connectivity index (χ4v) is 3.46. The first-order valence-electron chi connectivity index (χ1n) is 8.41. The minimum Gasteiger partial charge on any atom is -0.444 e. The van der Waals surface area contributed by atoms with E-state index in [2.05, 4.69) is 10.2 Å². The van der Waals surface area contributed by atoms with Crippen molar-refractivity contribution < 1.29 is 22.7 Å². The minimum absolute atomic E-state index is 0.152. The first-order chi connectivity index (χ1) is 11.5. The van der Waals surface area contributed by atoms with Crippen LogP contribution in [0.15, 0.2) is 24.3 Å². The smallest absolute Gasteiger partial charge is 0.416 e. The third kappa shape index (κ3) is 4.45. The molecular weight excluding hydrogens is 333 g/mol. The highest BCUT2D eigenvalue weighted by Gasteiger charge is 2.56. The molecule has 1 aromatic rings. The van der Waals surface area contributed by atoms with Crippen LogP contribution in [-0.2, 0) is 17.5 Å². The second kappa shape index (κ2) is 6.20. The van der Waals surface area contributed by atoms with Crippen LogP contribution in [0.2, 0.25) is 0 Å². The number of nitrogens with zero attached hydrogens (tertiary/aromatic N) is 1. The Morgan fingerprint density at radius 3 is 2.20 bits per heavy atom. The number of likely N-dealkylation sites (tertiary alicyclic amines) is 1. The number of ether oxygens (including phenoxy) is 1. The molecule has 1 heterocycles. The molecule has 3 rings (SSSR count). The van der Waals surface area contributed by atoms with Crippen LogP contribution >= 0.6 is 0 Å². The van der Waals surface area contributed by atoms with Gasteiger partial charge in [-0.25, -0.2) is 4.79 Å². The number of carbonyl (C=O) groups is 1. The van der Waals surface area contributed by atoms with Crippen molar-refractivity contribution >= 4 is 6.09 Å². The molecule has 1 aliphatic heterocycles. The van der Waals surface area contributed by atoms with E-state index in [1.807, 2.05) is 20.8 Å². The molecule has 1 N–H and O–H groups in total. The van der Waals surface area contributed by atoms with Crippen LogP contribution in [0.5, 0.6) is 0 Å². The standard InChI is InChI=1S/C18H23F3N2O2/c1-17(2,3)25-16(24)22-15-13-9-23(10-14(13)15)8-11-4-6-12(7-5-11)18(19,20)21/h4-7,13-15H,8-10H2,1-3H3,(H,22,24)/t13-,14?,15?/m0/s1. The van der Waals surface area contributed by atoms with Crippen molar-refractivity contribution in [3.8, 4) is 0 Å². The first-order valence-corrected chi connectivity index (χ1v) is 8.41. The van der Waals surface area contributed by atoms with Gasteiger partial charge in [0, 0.05) is 25.7 Å². The molecule has 2 fully saturated rings. The van der Waals surface area contributed by atoms with Gasteiger partial charge in [-0.15, -0.1) is 0 Å². The maximum absolute atomic E-state index is 12.6. The number of alkyl halides is 3. The van der Waals surface area contributed by atoms with Gasteiger partial charge in [0.15, 0.2) is 0 Å². The molecule has 0 bridgehead atoms. The lowest BCUT2D eigenvalue weighted by molar-refractivity contribution is -0.137. The van der Waals surface area contributed by atoms with Crippen molar-refractivity contribution in [3.05, 3.63) is 35.4 Å². The Kier molecular flexibility index (Phi) is 4.47. The Morgan fingerprint density at radius 1 is 1.16 bits per heavy atom. The first kappa shape index (κ1) is 18.0. The average molecular weight is 356 g/mol. The highest BCUT2D eigenvalue weighted by atomic mass is 19.4. The van der Waals surface area contributed by atoms with Gasteiger partial charge >= 0.3 is 12.3 Å². The molecule has 1 saturated heterocycles. The topological polar surface area (TPSA) is 41.6 Å². The van der Waals surface area contributed by atoms with E-state index in [9.17, 15) is 18.0 Å². The molecule has 3 atom stereocenters. The molecule has 1 amide bonds.